The molecule has 170 valence electrons. The van der Waals surface area contributed by atoms with Crippen LogP contribution in [-0.4, -0.2) is 87.3 Å². The first-order valence-electron chi connectivity index (χ1n) is 11.9. The van der Waals surface area contributed by atoms with E-state index < -0.39 is 0 Å². The van der Waals surface area contributed by atoms with Crippen molar-refractivity contribution >= 4 is 5.91 Å². The second-order valence-electron chi connectivity index (χ2n) is 9.85. The number of amides is 1. The Balaban J connectivity index is 1.78. The van der Waals surface area contributed by atoms with Crippen molar-refractivity contribution in [3.63, 3.8) is 0 Å². The van der Waals surface area contributed by atoms with Gasteiger partial charge in [-0.1, -0.05) is 27.7 Å². The first-order valence-corrected chi connectivity index (χ1v) is 11.9. The van der Waals surface area contributed by atoms with Crippen LogP contribution in [0.2, 0.25) is 0 Å². The Labute approximate surface area is 179 Å². The summed E-state index contributed by atoms with van der Waals surface area (Å²) < 4.78 is 5.81. The normalized spacial score (nSPS) is 20.1. The van der Waals surface area contributed by atoms with Crippen LogP contribution < -0.4 is 10.6 Å². The van der Waals surface area contributed by atoms with Gasteiger partial charge in [-0.2, -0.15) is 0 Å². The lowest BCUT2D eigenvalue weighted by atomic mass is 9.75. The fourth-order valence-corrected chi connectivity index (χ4v) is 4.58. The third-order valence-electron chi connectivity index (χ3n) is 6.57. The molecule has 0 radical (unpaired) electrons. The molecule has 2 fully saturated rings. The summed E-state index contributed by atoms with van der Waals surface area (Å²) in [5.74, 6) is 1.06. The van der Waals surface area contributed by atoms with Gasteiger partial charge < -0.3 is 20.3 Å². The quantitative estimate of drug-likeness (QED) is 0.512. The number of rotatable bonds is 11. The number of nitrogens with zero attached hydrogens (tertiary/aromatic N) is 2. The molecule has 2 aliphatic heterocycles. The van der Waals surface area contributed by atoms with Gasteiger partial charge in [0.25, 0.3) is 0 Å². The zero-order chi connectivity index (χ0) is 21.1. The highest BCUT2D eigenvalue weighted by Crippen LogP contribution is 2.34. The van der Waals surface area contributed by atoms with Crippen LogP contribution in [0.15, 0.2) is 0 Å². The summed E-state index contributed by atoms with van der Waals surface area (Å²) in [4.78, 5) is 17.7. The van der Waals surface area contributed by atoms with Crippen molar-refractivity contribution in [3.8, 4) is 0 Å². The van der Waals surface area contributed by atoms with Gasteiger partial charge in [-0.05, 0) is 76.2 Å². The number of piperidine rings is 2. The van der Waals surface area contributed by atoms with Crippen LogP contribution in [0.4, 0.5) is 0 Å². The first-order chi connectivity index (χ1) is 13.9. The van der Waals surface area contributed by atoms with Crippen LogP contribution in [-0.2, 0) is 9.53 Å². The monoisotopic (exact) mass is 410 g/mol. The number of likely N-dealkylation sites (tertiary alicyclic amines) is 1. The van der Waals surface area contributed by atoms with Crippen LogP contribution in [0.1, 0.15) is 59.8 Å². The van der Waals surface area contributed by atoms with E-state index in [4.69, 9.17) is 4.74 Å². The summed E-state index contributed by atoms with van der Waals surface area (Å²) in [6, 6.07) is 0.359. The molecule has 0 aromatic heterocycles. The fraction of sp³-hybridized carbons (Fsp3) is 0.957. The fourth-order valence-electron chi connectivity index (χ4n) is 4.58. The first kappa shape index (κ1) is 24.6. The predicted molar refractivity (Wildman–Crippen MR) is 120 cm³/mol. The lowest BCUT2D eigenvalue weighted by Crippen LogP contribution is -2.51. The maximum atomic E-state index is 13.2. The molecule has 0 saturated carbocycles. The summed E-state index contributed by atoms with van der Waals surface area (Å²) in [6.45, 7) is 17.9. The highest BCUT2D eigenvalue weighted by Gasteiger charge is 2.31. The van der Waals surface area contributed by atoms with Gasteiger partial charge >= 0.3 is 0 Å². The maximum Gasteiger partial charge on any atom is 0.237 e. The summed E-state index contributed by atoms with van der Waals surface area (Å²) in [5.41, 5.74) is 0.376. The Morgan fingerprint density at radius 3 is 2.41 bits per heavy atom. The van der Waals surface area contributed by atoms with Crippen LogP contribution >= 0.6 is 0 Å². The van der Waals surface area contributed by atoms with Gasteiger partial charge in [-0.15, -0.1) is 0 Å². The second kappa shape index (κ2) is 12.9. The van der Waals surface area contributed by atoms with E-state index in [1.807, 2.05) is 0 Å². The molecule has 29 heavy (non-hydrogen) atoms. The van der Waals surface area contributed by atoms with Crippen molar-refractivity contribution in [2.24, 2.45) is 11.3 Å². The van der Waals surface area contributed by atoms with E-state index in [-0.39, 0.29) is 0 Å². The zero-order valence-electron chi connectivity index (χ0n) is 19.5. The molecule has 0 aromatic carbocycles. The van der Waals surface area contributed by atoms with Crippen LogP contribution in [0.3, 0.4) is 0 Å². The Bertz CT molecular complexity index is 452. The number of ether oxygens (including phenoxy) is 1. The molecule has 2 N–H and O–H groups in total. The van der Waals surface area contributed by atoms with Gasteiger partial charge in [-0.25, -0.2) is 0 Å². The number of carbonyl (C=O) groups excluding carboxylic acids is 1. The summed E-state index contributed by atoms with van der Waals surface area (Å²) in [6.07, 6.45) is 5.66. The van der Waals surface area contributed by atoms with Crippen molar-refractivity contribution < 1.29 is 9.53 Å². The molecule has 0 atom stereocenters. The number of nitrogens with one attached hydrogen (secondary N) is 2. The Hall–Kier alpha value is -0.690. The molecular formula is C23H46N4O2. The van der Waals surface area contributed by atoms with Crippen molar-refractivity contribution in [1.29, 1.82) is 0 Å². The Morgan fingerprint density at radius 2 is 1.79 bits per heavy atom. The molecular weight excluding hydrogens is 364 g/mol. The van der Waals surface area contributed by atoms with Crippen molar-refractivity contribution in [1.82, 2.24) is 20.4 Å². The summed E-state index contributed by atoms with van der Waals surface area (Å²) in [7, 11) is 0. The van der Waals surface area contributed by atoms with E-state index in [1.54, 1.807) is 0 Å². The van der Waals surface area contributed by atoms with E-state index in [2.05, 4.69) is 48.1 Å². The molecule has 2 aliphatic rings. The van der Waals surface area contributed by atoms with Crippen LogP contribution in [0.5, 0.6) is 0 Å². The molecule has 1 amide bonds. The van der Waals surface area contributed by atoms with E-state index in [0.29, 0.717) is 37.1 Å². The second-order valence-corrected chi connectivity index (χ2v) is 9.85. The predicted octanol–water partition coefficient (Wildman–Crippen LogP) is 2.34. The van der Waals surface area contributed by atoms with Gasteiger partial charge in [0.15, 0.2) is 0 Å². The third kappa shape index (κ3) is 8.91. The average Bonchev–Trinajstić information content (AvgIpc) is 2.70. The summed E-state index contributed by atoms with van der Waals surface area (Å²) >= 11 is 0. The Kier molecular flexibility index (Phi) is 10.9. The molecule has 6 heteroatoms. The van der Waals surface area contributed by atoms with Gasteiger partial charge in [0.2, 0.25) is 5.91 Å². The molecule has 0 aromatic rings. The molecule has 0 spiro atoms. The minimum atomic E-state index is 0.291. The van der Waals surface area contributed by atoms with Gasteiger partial charge in [0.05, 0.1) is 19.8 Å². The van der Waals surface area contributed by atoms with Crippen molar-refractivity contribution in [3.05, 3.63) is 0 Å². The molecule has 0 aliphatic carbocycles. The number of carbonyl (C=O) groups is 1. The summed E-state index contributed by atoms with van der Waals surface area (Å²) in [5, 5.41) is 6.77. The topological polar surface area (TPSA) is 56.8 Å². The van der Waals surface area contributed by atoms with E-state index >= 15 is 0 Å². The standard InChI is InChI=1S/C23H46N4O2/c1-5-10-24-13-17-29-18-16-27(21-6-11-25-12-7-21)22(28)19-26-14-8-20(9-15-26)23(2,3)4/h20-21,24-25H,5-19H2,1-4H3. The van der Waals surface area contributed by atoms with E-state index in [9.17, 15) is 4.79 Å². The SMILES string of the molecule is CCCNCCOCCN(C(=O)CN1CCC(C(C)(C)C)CC1)C1CCNCC1. The van der Waals surface area contributed by atoms with Crippen molar-refractivity contribution in [2.75, 3.05) is 65.6 Å². The largest absolute Gasteiger partial charge is 0.378 e. The zero-order valence-corrected chi connectivity index (χ0v) is 19.5. The highest BCUT2D eigenvalue weighted by molar-refractivity contribution is 5.78. The molecule has 0 unspecified atom stereocenters. The lowest BCUT2D eigenvalue weighted by molar-refractivity contribution is -0.136. The third-order valence-corrected chi connectivity index (χ3v) is 6.57. The minimum absolute atomic E-state index is 0.291. The average molecular weight is 411 g/mol. The molecule has 0 bridgehead atoms. The van der Waals surface area contributed by atoms with E-state index in [0.717, 1.165) is 71.0 Å². The Morgan fingerprint density at radius 1 is 1.10 bits per heavy atom. The van der Waals surface area contributed by atoms with Gasteiger partial charge in [0, 0.05) is 19.1 Å². The number of hydrogen-bond donors (Lipinski definition) is 2. The molecule has 2 heterocycles. The van der Waals surface area contributed by atoms with Gasteiger partial charge in [0.1, 0.15) is 0 Å². The van der Waals surface area contributed by atoms with Crippen LogP contribution in [0.25, 0.3) is 0 Å². The lowest BCUT2D eigenvalue weighted by Gasteiger charge is -2.40. The highest BCUT2D eigenvalue weighted by atomic mass is 16.5. The van der Waals surface area contributed by atoms with Crippen LogP contribution in [0, 0.1) is 11.3 Å². The smallest absolute Gasteiger partial charge is 0.237 e. The molecule has 2 rings (SSSR count). The molecule has 6 nitrogen and oxygen atoms in total. The minimum Gasteiger partial charge on any atom is -0.378 e. The maximum absolute atomic E-state index is 13.2. The van der Waals surface area contributed by atoms with E-state index in [1.165, 1.54) is 12.8 Å². The number of hydrogen-bond acceptors (Lipinski definition) is 5. The van der Waals surface area contributed by atoms with Gasteiger partial charge in [-0.3, -0.25) is 9.69 Å². The van der Waals surface area contributed by atoms with Crippen molar-refractivity contribution in [2.45, 2.75) is 65.8 Å². The molecule has 2 saturated heterocycles.